The van der Waals surface area contributed by atoms with E-state index in [1.54, 1.807) is 0 Å². The molecule has 0 fully saturated rings. The summed E-state index contributed by atoms with van der Waals surface area (Å²) in [5.41, 5.74) is 0. The topological polar surface area (TPSA) is 0 Å². The van der Waals surface area contributed by atoms with Gasteiger partial charge < -0.3 is 12.4 Å². The van der Waals surface area contributed by atoms with E-state index in [2.05, 4.69) is 34.6 Å². The van der Waals surface area contributed by atoms with Crippen LogP contribution >= 0.6 is 0 Å². The molecule has 0 atom stereocenters. The van der Waals surface area contributed by atoms with Gasteiger partial charge in [-0.2, -0.15) is 0 Å². The Bertz CT molecular complexity index is 72.7. The second-order valence-corrected chi connectivity index (χ2v) is 6.21. The zero-order chi connectivity index (χ0) is 10.5. The van der Waals surface area contributed by atoms with Gasteiger partial charge in [0, 0.05) is 0 Å². The number of hydrogen-bond acceptors (Lipinski definition) is 0. The molecule has 0 heterocycles. The normalized spacial score (nSPS) is 8.43. The summed E-state index contributed by atoms with van der Waals surface area (Å²) >= 11 is 0.815. The van der Waals surface area contributed by atoms with Gasteiger partial charge in [0.05, 0.1) is 0 Å². The van der Waals surface area contributed by atoms with Crippen molar-refractivity contribution in [1.29, 1.82) is 0 Å². The van der Waals surface area contributed by atoms with Crippen molar-refractivity contribution in [3.8, 4) is 0 Å². The Morgan fingerprint density at radius 2 is 1.43 bits per heavy atom. The van der Waals surface area contributed by atoms with Crippen LogP contribution in [0, 0.1) is 5.92 Å². The number of rotatable bonds is 6. The molecular weight excluding hydrogens is 207 g/mol. The largest absolute Gasteiger partial charge is 1.00 e. The van der Waals surface area contributed by atoms with Crippen LogP contribution in [0.1, 0.15) is 60.3 Å². The molecule has 0 radical (unpaired) electrons. The number of hydrogen-bond donors (Lipinski definition) is 0. The second-order valence-electron chi connectivity index (χ2n) is 3.99. The van der Waals surface area contributed by atoms with Crippen LogP contribution in [-0.4, -0.2) is 15.2 Å². The van der Waals surface area contributed by atoms with Gasteiger partial charge >= 0.3 is 39.6 Å². The van der Waals surface area contributed by atoms with Crippen molar-refractivity contribution in [3.63, 3.8) is 0 Å². The molecule has 0 amide bonds. The molecule has 86 valence electrons. The summed E-state index contributed by atoms with van der Waals surface area (Å²) in [6.45, 7) is 11.3. The predicted octanol–water partition coefficient (Wildman–Crippen LogP) is 1.79. The Kier molecular flexibility index (Phi) is 28.1. The fourth-order valence-electron chi connectivity index (χ4n) is 1.09. The third kappa shape index (κ3) is 29.3. The molecule has 0 nitrogen and oxygen atoms in total. The molecule has 0 aliphatic carbocycles. The van der Waals surface area contributed by atoms with Crippen LogP contribution in [0.3, 0.4) is 0 Å². The zero-order valence-corrected chi connectivity index (χ0v) is 12.7. The van der Waals surface area contributed by atoms with Gasteiger partial charge in [0.2, 0.25) is 0 Å². The summed E-state index contributed by atoms with van der Waals surface area (Å²) < 4.78 is 0. The molecule has 0 aliphatic rings. The minimum Gasteiger partial charge on any atom is -1.00 e. The third-order valence-electron chi connectivity index (χ3n) is 1.96. The molecule has 0 aromatic carbocycles. The Hall–Kier alpha value is 0.822. The third-order valence-corrected chi connectivity index (χ3v) is 3.12. The zero-order valence-electron chi connectivity index (χ0n) is 10.8. The standard InChI is InChI=1S/C8H18.2C2H5.Al.ClH/c1-4-5-6-7-8(2)3;2*1-2;;/h8H,4-7H2,1-3H3;2*1H2,2H3;;1H/q;;;+1;/p-1. The first-order valence-corrected chi connectivity index (χ1v) is 7.63. The van der Waals surface area contributed by atoms with Gasteiger partial charge in [-0.1, -0.05) is 46.5 Å². The van der Waals surface area contributed by atoms with Crippen molar-refractivity contribution >= 4 is 15.2 Å². The quantitative estimate of drug-likeness (QED) is 0.486. The Morgan fingerprint density at radius 3 is 1.64 bits per heavy atom. The van der Waals surface area contributed by atoms with Crippen molar-refractivity contribution in [2.24, 2.45) is 5.92 Å². The van der Waals surface area contributed by atoms with Crippen molar-refractivity contribution in [2.45, 2.75) is 70.9 Å². The summed E-state index contributed by atoms with van der Waals surface area (Å²) in [5.74, 6) is 0.904. The molecule has 0 spiro atoms. The van der Waals surface area contributed by atoms with Crippen molar-refractivity contribution in [3.05, 3.63) is 0 Å². The van der Waals surface area contributed by atoms with Crippen molar-refractivity contribution in [1.82, 2.24) is 0 Å². The van der Waals surface area contributed by atoms with Gasteiger partial charge in [-0.3, -0.25) is 0 Å². The molecule has 0 unspecified atom stereocenters. The van der Waals surface area contributed by atoms with Crippen LogP contribution in [0.5, 0.6) is 0 Å². The molecule has 0 saturated carbocycles. The molecule has 14 heavy (non-hydrogen) atoms. The summed E-state index contributed by atoms with van der Waals surface area (Å²) in [7, 11) is 0. The summed E-state index contributed by atoms with van der Waals surface area (Å²) in [6.07, 6.45) is 5.60. The molecule has 0 bridgehead atoms. The Morgan fingerprint density at radius 1 is 0.929 bits per heavy atom. The van der Waals surface area contributed by atoms with Crippen LogP contribution in [0.25, 0.3) is 0 Å². The average Bonchev–Trinajstić information content (AvgIpc) is 2.07. The first-order chi connectivity index (χ1) is 6.18. The maximum atomic E-state index is 2.29. The first kappa shape index (κ1) is 20.3. The van der Waals surface area contributed by atoms with E-state index in [0.717, 1.165) is 21.1 Å². The molecule has 0 aromatic heterocycles. The van der Waals surface area contributed by atoms with E-state index in [0.29, 0.717) is 0 Å². The van der Waals surface area contributed by atoms with Crippen LogP contribution < -0.4 is 12.4 Å². The maximum absolute atomic E-state index is 2.29. The SMILES string of the molecule is CCCCCC(C)C.C[CH2][Al+][CH2]C.[Cl-]. The van der Waals surface area contributed by atoms with Crippen LogP contribution in [0.2, 0.25) is 10.6 Å². The number of halogens is 1. The summed E-state index contributed by atoms with van der Waals surface area (Å²) in [6, 6.07) is 0. The molecule has 0 saturated heterocycles. The van der Waals surface area contributed by atoms with E-state index in [1.807, 2.05) is 0 Å². The fourth-order valence-corrected chi connectivity index (χ4v) is 1.67. The van der Waals surface area contributed by atoms with Gasteiger partial charge in [0.15, 0.2) is 0 Å². The molecule has 2 heteroatoms. The molecule has 0 aliphatic heterocycles. The Balaban J connectivity index is -0.000000177. The second kappa shape index (κ2) is 19.4. The van der Waals surface area contributed by atoms with E-state index >= 15 is 0 Å². The molecular formula is C12H28AlCl. The molecule has 0 rings (SSSR count). The smallest absolute Gasteiger partial charge is 1.00 e. The van der Waals surface area contributed by atoms with Gasteiger partial charge in [0.1, 0.15) is 0 Å². The van der Waals surface area contributed by atoms with E-state index in [9.17, 15) is 0 Å². The maximum Gasteiger partial charge on any atom is -1.00 e. The first-order valence-electron chi connectivity index (χ1n) is 6.00. The molecule has 0 N–H and O–H groups in total. The van der Waals surface area contributed by atoms with Crippen molar-refractivity contribution < 1.29 is 12.4 Å². The Labute approximate surface area is 104 Å². The van der Waals surface area contributed by atoms with Crippen LogP contribution in [0.15, 0.2) is 0 Å². The minimum atomic E-state index is 0. The van der Waals surface area contributed by atoms with Crippen molar-refractivity contribution in [2.75, 3.05) is 0 Å². The van der Waals surface area contributed by atoms with Gasteiger partial charge in [-0.15, -0.1) is 0 Å². The van der Waals surface area contributed by atoms with Gasteiger partial charge in [0.25, 0.3) is 0 Å². The van der Waals surface area contributed by atoms with E-state index in [-0.39, 0.29) is 12.4 Å². The van der Waals surface area contributed by atoms with E-state index in [4.69, 9.17) is 0 Å². The minimum absolute atomic E-state index is 0. The molecule has 0 aromatic rings. The van der Waals surface area contributed by atoms with E-state index < -0.39 is 0 Å². The average molecular weight is 235 g/mol. The van der Waals surface area contributed by atoms with Crippen LogP contribution in [-0.2, 0) is 0 Å². The van der Waals surface area contributed by atoms with E-state index in [1.165, 1.54) is 36.2 Å². The number of unbranched alkanes of at least 4 members (excludes halogenated alkanes) is 2. The summed E-state index contributed by atoms with van der Waals surface area (Å²) in [5, 5.41) is 2.85. The monoisotopic (exact) mass is 234 g/mol. The fraction of sp³-hybridized carbons (Fsp3) is 1.00. The summed E-state index contributed by atoms with van der Waals surface area (Å²) in [4.78, 5) is 0. The van der Waals surface area contributed by atoms with Gasteiger partial charge in [-0.25, -0.2) is 0 Å². The van der Waals surface area contributed by atoms with Gasteiger partial charge in [-0.05, 0) is 5.92 Å². The van der Waals surface area contributed by atoms with Crippen LogP contribution in [0.4, 0.5) is 0 Å². The predicted molar refractivity (Wildman–Crippen MR) is 65.7 cm³/mol.